The highest BCUT2D eigenvalue weighted by molar-refractivity contribution is 5.86. The highest BCUT2D eigenvalue weighted by Gasteiger charge is 2.40. The van der Waals surface area contributed by atoms with E-state index < -0.39 is 0 Å². The van der Waals surface area contributed by atoms with E-state index in [1.165, 1.54) is 0 Å². The fraction of sp³-hybridized carbons (Fsp3) is 0.933. The molecule has 0 N–H and O–H groups in total. The second-order valence-corrected chi connectivity index (χ2v) is 6.43. The summed E-state index contributed by atoms with van der Waals surface area (Å²) in [5, 5.41) is 0. The van der Waals surface area contributed by atoms with Crippen LogP contribution < -0.4 is 0 Å². The summed E-state index contributed by atoms with van der Waals surface area (Å²) in [4.78, 5) is 12.5. The van der Waals surface area contributed by atoms with Gasteiger partial charge in [-0.15, -0.1) is 0 Å². The normalized spacial score (nSPS) is 12.8. The first-order valence-corrected chi connectivity index (χ1v) is 6.78. The molecule has 0 saturated carbocycles. The van der Waals surface area contributed by atoms with Crippen LogP contribution in [0, 0.1) is 23.2 Å². The number of carbonyl (C=O) groups excluding carboxylic acids is 1. The van der Waals surface area contributed by atoms with Gasteiger partial charge in [-0.3, -0.25) is 4.79 Å². The zero-order chi connectivity index (χ0) is 13.6. The Morgan fingerprint density at radius 2 is 1.41 bits per heavy atom. The second kappa shape index (κ2) is 7.15. The summed E-state index contributed by atoms with van der Waals surface area (Å²) < 4.78 is 5.36. The summed E-state index contributed by atoms with van der Waals surface area (Å²) in [7, 11) is 1.70. The van der Waals surface area contributed by atoms with Crippen molar-refractivity contribution in [3.05, 3.63) is 0 Å². The molecule has 0 rings (SSSR count). The number of hydrogen-bond acceptors (Lipinski definition) is 2. The molecule has 0 aromatic heterocycles. The Kier molecular flexibility index (Phi) is 6.99. The van der Waals surface area contributed by atoms with Crippen LogP contribution in [0.25, 0.3) is 0 Å². The van der Waals surface area contributed by atoms with Gasteiger partial charge in [0, 0.05) is 13.0 Å². The Bertz CT molecular complexity index is 219. The van der Waals surface area contributed by atoms with Crippen LogP contribution in [-0.4, -0.2) is 19.5 Å². The zero-order valence-electron chi connectivity index (χ0n) is 12.7. The molecule has 0 aromatic rings. The molecular formula is C15H30O2. The number of hydrogen-bond donors (Lipinski definition) is 0. The maximum absolute atomic E-state index is 12.5. The van der Waals surface area contributed by atoms with Crippen molar-refractivity contribution in [3.63, 3.8) is 0 Å². The number of rotatable bonds is 8. The van der Waals surface area contributed by atoms with E-state index in [1.54, 1.807) is 7.11 Å². The molecular weight excluding hydrogens is 212 g/mol. The zero-order valence-corrected chi connectivity index (χ0v) is 12.7. The van der Waals surface area contributed by atoms with Crippen molar-refractivity contribution in [2.45, 2.75) is 54.4 Å². The lowest BCUT2D eigenvalue weighted by Gasteiger charge is -2.36. The highest BCUT2D eigenvalue weighted by atomic mass is 16.5. The van der Waals surface area contributed by atoms with E-state index in [4.69, 9.17) is 4.74 Å². The molecule has 2 heteroatoms. The first kappa shape index (κ1) is 16.6. The van der Waals surface area contributed by atoms with Crippen LogP contribution >= 0.6 is 0 Å². The van der Waals surface area contributed by atoms with Gasteiger partial charge in [0.05, 0.1) is 12.0 Å². The quantitative estimate of drug-likeness (QED) is 0.644. The fourth-order valence-electron chi connectivity index (χ4n) is 2.93. The van der Waals surface area contributed by atoms with E-state index in [0.29, 0.717) is 24.2 Å². The van der Waals surface area contributed by atoms with Crippen molar-refractivity contribution < 1.29 is 9.53 Å². The fourth-order valence-corrected chi connectivity index (χ4v) is 2.93. The second-order valence-electron chi connectivity index (χ2n) is 6.43. The maximum Gasteiger partial charge on any atom is 0.143 e. The Balaban J connectivity index is 5.14. The molecule has 0 heterocycles. The molecule has 0 fully saturated rings. The number of Topliss-reactive ketones (excluding diaryl/α,β-unsaturated/α-hetero) is 1. The van der Waals surface area contributed by atoms with Crippen molar-refractivity contribution in [1.29, 1.82) is 0 Å². The summed E-state index contributed by atoms with van der Waals surface area (Å²) in [6.45, 7) is 13.3. The molecule has 0 atom stereocenters. The molecule has 17 heavy (non-hydrogen) atoms. The Labute approximate surface area is 107 Å². The molecule has 0 radical (unpaired) electrons. The third kappa shape index (κ3) is 5.20. The Hall–Kier alpha value is -0.370. The summed E-state index contributed by atoms with van der Waals surface area (Å²) in [5.74, 6) is 1.49. The maximum atomic E-state index is 12.5. The van der Waals surface area contributed by atoms with E-state index in [1.807, 2.05) is 13.8 Å². The van der Waals surface area contributed by atoms with Gasteiger partial charge in [0.2, 0.25) is 0 Å². The van der Waals surface area contributed by atoms with Crippen molar-refractivity contribution in [2.24, 2.45) is 23.2 Å². The van der Waals surface area contributed by atoms with Gasteiger partial charge >= 0.3 is 0 Å². The summed E-state index contributed by atoms with van der Waals surface area (Å²) in [5.41, 5.74) is -0.286. The van der Waals surface area contributed by atoms with Gasteiger partial charge in [-0.1, -0.05) is 41.5 Å². The topological polar surface area (TPSA) is 26.3 Å². The van der Waals surface area contributed by atoms with Crippen LogP contribution in [0.3, 0.4) is 0 Å². The van der Waals surface area contributed by atoms with Crippen molar-refractivity contribution in [1.82, 2.24) is 0 Å². The molecule has 0 aliphatic heterocycles. The van der Waals surface area contributed by atoms with E-state index in [0.717, 1.165) is 12.8 Å². The number of carbonyl (C=O) groups is 1. The van der Waals surface area contributed by atoms with Crippen LogP contribution in [0.2, 0.25) is 0 Å². The first-order chi connectivity index (χ1) is 7.75. The Morgan fingerprint density at radius 1 is 1.00 bits per heavy atom. The molecule has 0 amide bonds. The van der Waals surface area contributed by atoms with Crippen LogP contribution in [0.5, 0.6) is 0 Å². The van der Waals surface area contributed by atoms with Gasteiger partial charge in [0.1, 0.15) is 5.78 Å². The molecule has 2 nitrogen and oxygen atoms in total. The van der Waals surface area contributed by atoms with Crippen LogP contribution in [0.1, 0.15) is 54.4 Å². The molecule has 0 saturated heterocycles. The number of ketones is 1. The van der Waals surface area contributed by atoms with Gasteiger partial charge in [0.25, 0.3) is 0 Å². The number of methoxy groups -OCH3 is 1. The minimum Gasteiger partial charge on any atom is -0.384 e. The highest BCUT2D eigenvalue weighted by Crippen LogP contribution is 2.37. The third-order valence-corrected chi connectivity index (χ3v) is 3.07. The van der Waals surface area contributed by atoms with Crippen LogP contribution in [0.15, 0.2) is 0 Å². The average Bonchev–Trinajstić information content (AvgIpc) is 2.14. The first-order valence-electron chi connectivity index (χ1n) is 6.78. The predicted molar refractivity (Wildman–Crippen MR) is 73.1 cm³/mol. The van der Waals surface area contributed by atoms with Gasteiger partial charge in [-0.25, -0.2) is 0 Å². The summed E-state index contributed by atoms with van der Waals surface area (Å²) in [6, 6.07) is 0. The van der Waals surface area contributed by atoms with Gasteiger partial charge in [-0.05, 0) is 24.7 Å². The van der Waals surface area contributed by atoms with Gasteiger partial charge < -0.3 is 4.74 Å². The minimum atomic E-state index is -0.286. The molecule has 0 aliphatic rings. The summed E-state index contributed by atoms with van der Waals surface area (Å²) >= 11 is 0. The van der Waals surface area contributed by atoms with E-state index in [9.17, 15) is 4.79 Å². The molecule has 0 spiro atoms. The van der Waals surface area contributed by atoms with E-state index >= 15 is 0 Å². The van der Waals surface area contributed by atoms with Gasteiger partial charge in [0.15, 0.2) is 0 Å². The lowest BCUT2D eigenvalue weighted by atomic mass is 9.69. The van der Waals surface area contributed by atoms with Crippen LogP contribution in [0.4, 0.5) is 0 Å². The smallest absolute Gasteiger partial charge is 0.143 e. The predicted octanol–water partition coefficient (Wildman–Crippen LogP) is 3.94. The lowest BCUT2D eigenvalue weighted by Crippen LogP contribution is -2.41. The van der Waals surface area contributed by atoms with Crippen molar-refractivity contribution in [2.75, 3.05) is 13.7 Å². The van der Waals surface area contributed by atoms with Crippen molar-refractivity contribution in [3.8, 4) is 0 Å². The van der Waals surface area contributed by atoms with Crippen LogP contribution in [-0.2, 0) is 9.53 Å². The molecule has 0 aliphatic carbocycles. The molecule has 0 unspecified atom stereocenters. The molecule has 0 bridgehead atoms. The SMILES string of the molecule is COCC(CC(C)C)(CC(C)C)C(=O)C(C)C. The van der Waals surface area contributed by atoms with Gasteiger partial charge in [-0.2, -0.15) is 0 Å². The monoisotopic (exact) mass is 242 g/mol. The number of ether oxygens (including phenoxy) is 1. The molecule has 0 aromatic carbocycles. The van der Waals surface area contributed by atoms with E-state index in [-0.39, 0.29) is 11.3 Å². The minimum absolute atomic E-state index is 0.0858. The lowest BCUT2D eigenvalue weighted by molar-refractivity contribution is -0.137. The van der Waals surface area contributed by atoms with Crippen molar-refractivity contribution >= 4 is 5.78 Å². The largest absolute Gasteiger partial charge is 0.384 e. The standard InChI is InChI=1S/C15H30O2/c1-11(2)8-15(10-17-7,9-12(3)4)14(16)13(5)6/h11-13H,8-10H2,1-7H3. The summed E-state index contributed by atoms with van der Waals surface area (Å²) in [6.07, 6.45) is 1.85. The third-order valence-electron chi connectivity index (χ3n) is 3.07. The molecule has 102 valence electrons. The Morgan fingerprint density at radius 3 is 1.65 bits per heavy atom. The van der Waals surface area contributed by atoms with E-state index in [2.05, 4.69) is 27.7 Å². The average molecular weight is 242 g/mol.